The lowest BCUT2D eigenvalue weighted by atomic mass is 10.2. The van der Waals surface area contributed by atoms with E-state index in [1.807, 2.05) is 32.0 Å². The van der Waals surface area contributed by atoms with E-state index in [2.05, 4.69) is 10.6 Å². The summed E-state index contributed by atoms with van der Waals surface area (Å²) < 4.78 is 9.92. The summed E-state index contributed by atoms with van der Waals surface area (Å²) >= 11 is 1.35. The lowest BCUT2D eigenvalue weighted by Gasteiger charge is -2.08. The minimum atomic E-state index is -0.702. The highest BCUT2D eigenvalue weighted by Crippen LogP contribution is 2.23. The first-order chi connectivity index (χ1) is 12.4. The Morgan fingerprint density at radius 2 is 2.00 bits per heavy atom. The van der Waals surface area contributed by atoms with E-state index in [-0.39, 0.29) is 12.3 Å². The molecular weight excluding hydrogens is 356 g/mol. The van der Waals surface area contributed by atoms with Crippen molar-refractivity contribution in [1.82, 2.24) is 10.6 Å². The summed E-state index contributed by atoms with van der Waals surface area (Å²) in [5.74, 6) is -0.584. The van der Waals surface area contributed by atoms with Crippen LogP contribution in [0.1, 0.15) is 16.9 Å². The molecule has 0 unspecified atom stereocenters. The zero-order valence-corrected chi connectivity index (χ0v) is 15.4. The van der Waals surface area contributed by atoms with E-state index in [4.69, 9.17) is 9.15 Å². The molecule has 8 heteroatoms. The van der Waals surface area contributed by atoms with Crippen molar-refractivity contribution in [3.63, 3.8) is 0 Å². The number of nitrogens with one attached hydrogen (secondary N) is 2. The van der Waals surface area contributed by atoms with Crippen LogP contribution in [0.3, 0.4) is 0 Å². The molecule has 7 nitrogen and oxygen atoms in total. The third-order valence-corrected chi connectivity index (χ3v) is 4.44. The number of esters is 1. The van der Waals surface area contributed by atoms with Crippen LogP contribution in [-0.4, -0.2) is 30.3 Å². The van der Waals surface area contributed by atoms with Gasteiger partial charge in [-0.3, -0.25) is 14.9 Å². The first kappa shape index (κ1) is 19.6. The Morgan fingerprint density at radius 1 is 1.19 bits per heavy atom. The number of carbonyl (C=O) groups is 3. The molecule has 0 spiro atoms. The predicted molar refractivity (Wildman–Crippen MR) is 96.7 cm³/mol. The van der Waals surface area contributed by atoms with Crippen molar-refractivity contribution in [1.29, 1.82) is 0 Å². The number of hydrogen-bond donors (Lipinski definition) is 2. The SMILES string of the molecule is Cc1ccc(C)c(SCC(=O)OCC(=O)NC(=O)NCc2ccco2)c1. The molecule has 1 heterocycles. The van der Waals surface area contributed by atoms with Crippen molar-refractivity contribution in [2.45, 2.75) is 25.3 Å². The quantitative estimate of drug-likeness (QED) is 0.569. The number of hydrogen-bond acceptors (Lipinski definition) is 6. The number of aryl methyl sites for hydroxylation is 2. The number of benzene rings is 1. The molecule has 2 rings (SSSR count). The normalized spacial score (nSPS) is 10.2. The van der Waals surface area contributed by atoms with Gasteiger partial charge in [0.25, 0.3) is 5.91 Å². The number of amides is 3. The van der Waals surface area contributed by atoms with Gasteiger partial charge in [-0.2, -0.15) is 0 Å². The minimum absolute atomic E-state index is 0.0856. The highest BCUT2D eigenvalue weighted by atomic mass is 32.2. The number of furan rings is 1. The van der Waals surface area contributed by atoms with Gasteiger partial charge in [0.05, 0.1) is 18.6 Å². The van der Waals surface area contributed by atoms with Crippen LogP contribution < -0.4 is 10.6 Å². The number of urea groups is 1. The first-order valence-corrected chi connectivity index (χ1v) is 8.88. The second kappa shape index (κ2) is 9.67. The van der Waals surface area contributed by atoms with Gasteiger partial charge >= 0.3 is 12.0 Å². The number of ether oxygens (including phenoxy) is 1. The van der Waals surface area contributed by atoms with Gasteiger partial charge in [-0.25, -0.2) is 4.79 Å². The van der Waals surface area contributed by atoms with Crippen molar-refractivity contribution in [2.75, 3.05) is 12.4 Å². The van der Waals surface area contributed by atoms with Crippen LogP contribution in [0.2, 0.25) is 0 Å². The predicted octanol–water partition coefficient (Wildman–Crippen LogP) is 2.56. The van der Waals surface area contributed by atoms with Gasteiger partial charge in [-0.1, -0.05) is 17.7 Å². The second-order valence-corrected chi connectivity index (χ2v) is 6.55. The van der Waals surface area contributed by atoms with E-state index >= 15 is 0 Å². The highest BCUT2D eigenvalue weighted by molar-refractivity contribution is 8.00. The Labute approximate surface area is 155 Å². The Kier molecular flexibility index (Phi) is 7.28. The molecule has 2 N–H and O–H groups in total. The lowest BCUT2D eigenvalue weighted by Crippen LogP contribution is -2.41. The molecule has 0 atom stereocenters. The summed E-state index contributed by atoms with van der Waals surface area (Å²) in [6, 6.07) is 8.67. The van der Waals surface area contributed by atoms with Crippen LogP contribution in [0.25, 0.3) is 0 Å². The maximum absolute atomic E-state index is 11.7. The van der Waals surface area contributed by atoms with Crippen molar-refractivity contribution in [2.24, 2.45) is 0 Å². The summed E-state index contributed by atoms with van der Waals surface area (Å²) in [6.45, 7) is 3.57. The molecule has 0 radical (unpaired) electrons. The van der Waals surface area contributed by atoms with Gasteiger partial charge in [0.2, 0.25) is 0 Å². The van der Waals surface area contributed by atoms with Crippen molar-refractivity contribution < 1.29 is 23.5 Å². The number of rotatable bonds is 7. The van der Waals surface area contributed by atoms with Crippen LogP contribution in [-0.2, 0) is 20.9 Å². The highest BCUT2D eigenvalue weighted by Gasteiger charge is 2.12. The average Bonchev–Trinajstić information content (AvgIpc) is 3.12. The summed E-state index contributed by atoms with van der Waals surface area (Å²) in [4.78, 5) is 35.9. The maximum atomic E-state index is 11.7. The molecule has 0 saturated carbocycles. The van der Waals surface area contributed by atoms with Gasteiger partial charge in [-0.15, -0.1) is 11.8 Å². The van der Waals surface area contributed by atoms with Crippen LogP contribution in [0.4, 0.5) is 4.79 Å². The molecule has 0 aliphatic heterocycles. The molecule has 0 saturated heterocycles. The van der Waals surface area contributed by atoms with E-state index in [1.165, 1.54) is 18.0 Å². The summed E-state index contributed by atoms with van der Waals surface area (Å²) in [5.41, 5.74) is 2.17. The Hall–Kier alpha value is -2.74. The van der Waals surface area contributed by atoms with Crippen LogP contribution in [0, 0.1) is 13.8 Å². The van der Waals surface area contributed by atoms with E-state index in [9.17, 15) is 14.4 Å². The fourth-order valence-corrected chi connectivity index (χ4v) is 2.90. The van der Waals surface area contributed by atoms with Gasteiger partial charge < -0.3 is 14.5 Å². The fraction of sp³-hybridized carbons (Fsp3) is 0.278. The van der Waals surface area contributed by atoms with Gasteiger partial charge in [0, 0.05) is 4.90 Å². The van der Waals surface area contributed by atoms with Gasteiger partial charge in [-0.05, 0) is 37.6 Å². The molecule has 0 fully saturated rings. The first-order valence-electron chi connectivity index (χ1n) is 7.90. The lowest BCUT2D eigenvalue weighted by molar-refractivity contribution is -0.145. The van der Waals surface area contributed by atoms with Crippen molar-refractivity contribution in [3.05, 3.63) is 53.5 Å². The number of thioether (sulfide) groups is 1. The molecule has 3 amide bonds. The summed E-state index contributed by atoms with van der Waals surface area (Å²) in [6.07, 6.45) is 1.48. The zero-order valence-electron chi connectivity index (χ0n) is 14.5. The standard InChI is InChI=1S/C18H20N2O5S/c1-12-5-6-13(2)15(8-12)26-11-17(22)25-10-16(21)20-18(23)19-9-14-4-3-7-24-14/h3-8H,9-11H2,1-2H3,(H2,19,20,21,23). The topological polar surface area (TPSA) is 97.6 Å². The molecule has 0 aliphatic carbocycles. The molecule has 1 aromatic carbocycles. The van der Waals surface area contributed by atoms with E-state index in [1.54, 1.807) is 12.1 Å². The van der Waals surface area contributed by atoms with E-state index in [0.717, 1.165) is 16.0 Å². The average molecular weight is 376 g/mol. The number of carbonyl (C=O) groups excluding carboxylic acids is 3. The van der Waals surface area contributed by atoms with Crippen LogP contribution in [0.15, 0.2) is 45.9 Å². The molecule has 1 aromatic heterocycles. The Balaban J connectivity index is 1.65. The largest absolute Gasteiger partial charge is 0.467 e. The Bertz CT molecular complexity index is 774. The Morgan fingerprint density at radius 3 is 2.73 bits per heavy atom. The smallest absolute Gasteiger partial charge is 0.321 e. The van der Waals surface area contributed by atoms with Crippen LogP contribution in [0.5, 0.6) is 0 Å². The zero-order chi connectivity index (χ0) is 18.9. The molecule has 138 valence electrons. The van der Waals surface area contributed by atoms with Crippen molar-refractivity contribution in [3.8, 4) is 0 Å². The molecular formula is C18H20N2O5S. The maximum Gasteiger partial charge on any atom is 0.321 e. The van der Waals surface area contributed by atoms with E-state index in [0.29, 0.717) is 5.76 Å². The number of imide groups is 1. The molecule has 0 aliphatic rings. The van der Waals surface area contributed by atoms with E-state index < -0.39 is 24.5 Å². The van der Waals surface area contributed by atoms with Gasteiger partial charge in [0.15, 0.2) is 6.61 Å². The van der Waals surface area contributed by atoms with Crippen LogP contribution >= 0.6 is 11.8 Å². The summed E-state index contributed by atoms with van der Waals surface area (Å²) in [5, 5.41) is 4.53. The third-order valence-electron chi connectivity index (χ3n) is 3.31. The summed E-state index contributed by atoms with van der Waals surface area (Å²) in [7, 11) is 0. The second-order valence-electron chi connectivity index (χ2n) is 5.53. The minimum Gasteiger partial charge on any atom is -0.467 e. The molecule has 2 aromatic rings. The monoisotopic (exact) mass is 376 g/mol. The molecule has 26 heavy (non-hydrogen) atoms. The van der Waals surface area contributed by atoms with Gasteiger partial charge in [0.1, 0.15) is 5.76 Å². The molecule has 0 bridgehead atoms. The third kappa shape index (κ3) is 6.64. The van der Waals surface area contributed by atoms with Crippen molar-refractivity contribution >= 4 is 29.7 Å². The fourth-order valence-electron chi connectivity index (χ4n) is 1.97.